The van der Waals surface area contributed by atoms with Crippen molar-refractivity contribution in [3.63, 3.8) is 0 Å². The Morgan fingerprint density at radius 3 is 2.60 bits per heavy atom. The average molecular weight is 210 g/mol. The summed E-state index contributed by atoms with van der Waals surface area (Å²) in [6.45, 7) is 9.25. The summed E-state index contributed by atoms with van der Waals surface area (Å²) >= 11 is 0. The fourth-order valence-electron chi connectivity index (χ4n) is 2.14. The van der Waals surface area contributed by atoms with Gasteiger partial charge in [0.25, 0.3) is 0 Å². The molecule has 1 rings (SSSR count). The van der Waals surface area contributed by atoms with Gasteiger partial charge >= 0.3 is 0 Å². The molecule has 0 radical (unpaired) electrons. The lowest BCUT2D eigenvalue weighted by atomic mass is 9.64. The SMILES string of the molecule is CCOC1CC(NC(C#N)CC)C1(C)C. The van der Waals surface area contributed by atoms with E-state index in [4.69, 9.17) is 10.00 Å². The lowest BCUT2D eigenvalue weighted by Crippen LogP contribution is -2.62. The molecule has 15 heavy (non-hydrogen) atoms. The summed E-state index contributed by atoms with van der Waals surface area (Å²) in [5.74, 6) is 0. The molecule has 0 aromatic carbocycles. The molecule has 1 aliphatic rings. The normalized spacial score (nSPS) is 30.3. The molecule has 3 unspecified atom stereocenters. The van der Waals surface area contributed by atoms with E-state index in [1.54, 1.807) is 0 Å². The van der Waals surface area contributed by atoms with Crippen LogP contribution in [0.3, 0.4) is 0 Å². The topological polar surface area (TPSA) is 45.0 Å². The van der Waals surface area contributed by atoms with Crippen molar-refractivity contribution < 1.29 is 4.74 Å². The van der Waals surface area contributed by atoms with Crippen molar-refractivity contribution in [2.45, 2.75) is 58.7 Å². The molecular weight excluding hydrogens is 188 g/mol. The van der Waals surface area contributed by atoms with E-state index in [0.29, 0.717) is 12.1 Å². The van der Waals surface area contributed by atoms with E-state index >= 15 is 0 Å². The van der Waals surface area contributed by atoms with Crippen LogP contribution in [-0.2, 0) is 4.74 Å². The van der Waals surface area contributed by atoms with Gasteiger partial charge in [-0.25, -0.2) is 0 Å². The third-order valence-electron chi connectivity index (χ3n) is 3.51. The standard InChI is InChI=1S/C12H22N2O/c1-5-9(8-13)14-10-7-11(15-6-2)12(10,3)4/h9-11,14H,5-7H2,1-4H3. The average Bonchev–Trinajstić information content (AvgIpc) is 2.22. The molecule has 0 bridgehead atoms. The molecule has 1 N–H and O–H groups in total. The van der Waals surface area contributed by atoms with Gasteiger partial charge in [-0.15, -0.1) is 0 Å². The zero-order valence-corrected chi connectivity index (χ0v) is 10.2. The maximum Gasteiger partial charge on any atom is 0.0952 e. The molecule has 1 saturated carbocycles. The second-order valence-corrected chi connectivity index (χ2v) is 4.81. The second-order valence-electron chi connectivity index (χ2n) is 4.81. The van der Waals surface area contributed by atoms with Crippen LogP contribution in [0.1, 0.15) is 40.5 Å². The first-order chi connectivity index (χ1) is 7.06. The third kappa shape index (κ3) is 2.50. The van der Waals surface area contributed by atoms with Gasteiger partial charge in [0, 0.05) is 18.1 Å². The molecule has 1 aliphatic carbocycles. The van der Waals surface area contributed by atoms with Crippen LogP contribution in [0.4, 0.5) is 0 Å². The maximum atomic E-state index is 8.89. The number of nitriles is 1. The van der Waals surface area contributed by atoms with Gasteiger partial charge in [-0.2, -0.15) is 5.26 Å². The number of hydrogen-bond donors (Lipinski definition) is 1. The fraction of sp³-hybridized carbons (Fsp3) is 0.917. The summed E-state index contributed by atoms with van der Waals surface area (Å²) in [4.78, 5) is 0. The van der Waals surface area contributed by atoms with Crippen molar-refractivity contribution in [2.24, 2.45) is 5.41 Å². The van der Waals surface area contributed by atoms with Crippen molar-refractivity contribution in [3.05, 3.63) is 0 Å². The largest absolute Gasteiger partial charge is 0.378 e. The summed E-state index contributed by atoms with van der Waals surface area (Å²) in [7, 11) is 0. The van der Waals surface area contributed by atoms with Crippen molar-refractivity contribution >= 4 is 0 Å². The Morgan fingerprint density at radius 1 is 1.53 bits per heavy atom. The Kier molecular flexibility index (Phi) is 4.12. The number of ether oxygens (including phenoxy) is 1. The van der Waals surface area contributed by atoms with Crippen LogP contribution in [0, 0.1) is 16.7 Å². The summed E-state index contributed by atoms with van der Waals surface area (Å²) < 4.78 is 5.65. The van der Waals surface area contributed by atoms with Crippen molar-refractivity contribution in [3.8, 4) is 6.07 Å². The minimum absolute atomic E-state index is 0.0168. The summed E-state index contributed by atoms with van der Waals surface area (Å²) in [5.41, 5.74) is 0.153. The Labute approximate surface area is 92.8 Å². The smallest absolute Gasteiger partial charge is 0.0952 e. The van der Waals surface area contributed by atoms with E-state index in [9.17, 15) is 0 Å². The van der Waals surface area contributed by atoms with Crippen molar-refractivity contribution in [2.75, 3.05) is 6.61 Å². The number of rotatable bonds is 5. The molecular formula is C12H22N2O. The van der Waals surface area contributed by atoms with E-state index in [1.165, 1.54) is 0 Å². The van der Waals surface area contributed by atoms with Gasteiger partial charge in [0.05, 0.1) is 18.2 Å². The minimum atomic E-state index is -0.0168. The highest BCUT2D eigenvalue weighted by atomic mass is 16.5. The Balaban J connectivity index is 2.45. The van der Waals surface area contributed by atoms with Crippen LogP contribution >= 0.6 is 0 Å². The summed E-state index contributed by atoms with van der Waals surface area (Å²) in [6, 6.07) is 2.68. The number of nitrogens with zero attached hydrogens (tertiary/aromatic N) is 1. The first-order valence-electron chi connectivity index (χ1n) is 5.83. The molecule has 0 saturated heterocycles. The van der Waals surface area contributed by atoms with Gasteiger partial charge in [0.1, 0.15) is 0 Å². The van der Waals surface area contributed by atoms with Gasteiger partial charge in [0.15, 0.2) is 0 Å². The monoisotopic (exact) mass is 210 g/mol. The van der Waals surface area contributed by atoms with Crippen LogP contribution in [0.25, 0.3) is 0 Å². The molecule has 0 aromatic heterocycles. The van der Waals surface area contributed by atoms with Crippen LogP contribution in [0.15, 0.2) is 0 Å². The molecule has 0 heterocycles. The summed E-state index contributed by atoms with van der Waals surface area (Å²) in [6.07, 6.45) is 2.23. The molecule has 86 valence electrons. The fourth-order valence-corrected chi connectivity index (χ4v) is 2.14. The van der Waals surface area contributed by atoms with E-state index in [0.717, 1.165) is 19.4 Å². The van der Waals surface area contributed by atoms with Crippen LogP contribution < -0.4 is 5.32 Å². The second kappa shape index (κ2) is 4.96. The van der Waals surface area contributed by atoms with E-state index in [-0.39, 0.29) is 11.5 Å². The van der Waals surface area contributed by atoms with Crippen LogP contribution in [0.5, 0.6) is 0 Å². The zero-order chi connectivity index (χ0) is 11.5. The Hall–Kier alpha value is -0.590. The lowest BCUT2D eigenvalue weighted by Gasteiger charge is -2.52. The van der Waals surface area contributed by atoms with Crippen molar-refractivity contribution in [1.82, 2.24) is 5.32 Å². The highest BCUT2D eigenvalue weighted by Gasteiger charge is 2.49. The van der Waals surface area contributed by atoms with Crippen molar-refractivity contribution in [1.29, 1.82) is 5.26 Å². The van der Waals surface area contributed by atoms with Gasteiger partial charge < -0.3 is 4.74 Å². The Bertz CT molecular complexity index is 244. The van der Waals surface area contributed by atoms with Crippen LogP contribution in [0.2, 0.25) is 0 Å². The maximum absolute atomic E-state index is 8.89. The first-order valence-corrected chi connectivity index (χ1v) is 5.83. The zero-order valence-electron chi connectivity index (χ0n) is 10.2. The highest BCUT2D eigenvalue weighted by Crippen LogP contribution is 2.42. The van der Waals surface area contributed by atoms with Gasteiger partial charge in [-0.05, 0) is 19.8 Å². The predicted octanol–water partition coefficient (Wildman–Crippen LogP) is 2.08. The molecule has 3 heteroatoms. The van der Waals surface area contributed by atoms with Gasteiger partial charge in [-0.1, -0.05) is 20.8 Å². The molecule has 0 aliphatic heterocycles. The van der Waals surface area contributed by atoms with Gasteiger partial charge in [0.2, 0.25) is 0 Å². The number of hydrogen-bond acceptors (Lipinski definition) is 3. The molecule has 0 spiro atoms. The molecule has 1 fully saturated rings. The molecule has 0 aromatic rings. The third-order valence-corrected chi connectivity index (χ3v) is 3.51. The predicted molar refractivity (Wildman–Crippen MR) is 60.4 cm³/mol. The van der Waals surface area contributed by atoms with E-state index in [1.807, 2.05) is 13.8 Å². The first kappa shape index (κ1) is 12.5. The molecule has 0 amide bonds. The molecule has 3 nitrogen and oxygen atoms in total. The Morgan fingerprint density at radius 2 is 2.20 bits per heavy atom. The minimum Gasteiger partial charge on any atom is -0.378 e. The summed E-state index contributed by atoms with van der Waals surface area (Å²) in [5, 5.41) is 12.3. The van der Waals surface area contributed by atoms with E-state index in [2.05, 4.69) is 25.2 Å². The molecule has 3 atom stereocenters. The quantitative estimate of drug-likeness (QED) is 0.755. The highest BCUT2D eigenvalue weighted by molar-refractivity contribution is 5.05. The number of nitrogens with one attached hydrogen (secondary N) is 1. The van der Waals surface area contributed by atoms with Crippen LogP contribution in [-0.4, -0.2) is 24.8 Å². The van der Waals surface area contributed by atoms with Gasteiger partial charge in [-0.3, -0.25) is 5.32 Å². The lowest BCUT2D eigenvalue weighted by molar-refractivity contribution is -0.115. The van der Waals surface area contributed by atoms with E-state index < -0.39 is 0 Å².